The number of nitrogens with one attached hydrogen (secondary N) is 1. The van der Waals surface area contributed by atoms with Crippen LogP contribution in [-0.2, 0) is 22.8 Å². The van der Waals surface area contributed by atoms with Gasteiger partial charge in [0.15, 0.2) is 5.69 Å². The highest BCUT2D eigenvalue weighted by Crippen LogP contribution is 2.36. The number of pyridine rings is 1. The number of nitrogens with zero attached hydrogens (tertiary/aromatic N) is 3. The predicted octanol–water partition coefficient (Wildman–Crippen LogP) is 5.20. The molecule has 0 bridgehead atoms. The number of rotatable bonds is 14. The molecule has 0 spiro atoms. The number of carbonyl (C=O) groups is 1. The fourth-order valence-corrected chi connectivity index (χ4v) is 4.82. The molecule has 2 aromatic rings. The van der Waals surface area contributed by atoms with Crippen molar-refractivity contribution in [3.05, 3.63) is 29.2 Å². The highest BCUT2D eigenvalue weighted by atomic mass is 32.2. The van der Waals surface area contributed by atoms with Crippen LogP contribution in [0.5, 0.6) is 5.75 Å². The minimum atomic E-state index is -4.48. The third kappa shape index (κ3) is 9.43. The van der Waals surface area contributed by atoms with Crippen molar-refractivity contribution >= 4 is 15.7 Å². The average Bonchev–Trinajstić information content (AvgIpc) is 3.15. The van der Waals surface area contributed by atoms with Crippen molar-refractivity contribution in [2.75, 3.05) is 18.6 Å². The van der Waals surface area contributed by atoms with E-state index in [0.717, 1.165) is 25.6 Å². The van der Waals surface area contributed by atoms with Crippen molar-refractivity contribution in [1.82, 2.24) is 20.1 Å². The van der Waals surface area contributed by atoms with Gasteiger partial charge < -0.3 is 10.1 Å². The van der Waals surface area contributed by atoms with Gasteiger partial charge in [-0.25, -0.2) is 8.42 Å². The fourth-order valence-electron chi connectivity index (χ4n) is 4.13. The molecular weight excluding hydrogens is 547 g/mol. The molecule has 0 fully saturated rings. The predicted molar refractivity (Wildman–Crippen MR) is 136 cm³/mol. The average molecular weight is 583 g/mol. The number of amides is 1. The number of hydrogen-bond donors (Lipinski definition) is 1. The second-order valence-corrected chi connectivity index (χ2v) is 11.9. The number of hydrogen-bond acceptors (Lipinski definition) is 6. The third-order valence-electron chi connectivity index (χ3n) is 6.43. The van der Waals surface area contributed by atoms with E-state index in [-0.39, 0.29) is 46.6 Å². The van der Waals surface area contributed by atoms with Crippen molar-refractivity contribution in [2.45, 2.75) is 72.7 Å². The van der Waals surface area contributed by atoms with Gasteiger partial charge in [-0.2, -0.15) is 27.1 Å². The van der Waals surface area contributed by atoms with Crippen LogP contribution in [-0.4, -0.2) is 60.4 Å². The van der Waals surface area contributed by atoms with E-state index in [4.69, 9.17) is 0 Å². The van der Waals surface area contributed by atoms with Crippen LogP contribution in [0.25, 0.3) is 11.3 Å². The maximum absolute atomic E-state index is 13.2. The van der Waals surface area contributed by atoms with Crippen LogP contribution in [0.3, 0.4) is 0 Å². The summed E-state index contributed by atoms with van der Waals surface area (Å²) in [4.78, 5) is 17.1. The molecule has 0 radical (unpaired) electrons. The Morgan fingerprint density at radius 1 is 1.23 bits per heavy atom. The summed E-state index contributed by atoms with van der Waals surface area (Å²) in [6, 6.07) is 1.05. The molecule has 39 heavy (non-hydrogen) atoms. The Bertz CT molecular complexity index is 1230. The van der Waals surface area contributed by atoms with E-state index in [1.807, 2.05) is 6.92 Å². The van der Waals surface area contributed by atoms with Crippen molar-refractivity contribution in [2.24, 2.45) is 11.8 Å². The van der Waals surface area contributed by atoms with E-state index in [2.05, 4.69) is 20.1 Å². The molecule has 2 heterocycles. The van der Waals surface area contributed by atoms with Gasteiger partial charge in [0.2, 0.25) is 0 Å². The van der Waals surface area contributed by atoms with E-state index < -0.39 is 40.9 Å². The van der Waals surface area contributed by atoms with Crippen molar-refractivity contribution in [3.8, 4) is 17.0 Å². The number of halogens is 5. The topological polar surface area (TPSA) is 103 Å². The molecule has 0 aliphatic rings. The van der Waals surface area contributed by atoms with E-state index in [0.29, 0.717) is 24.9 Å². The lowest BCUT2D eigenvalue weighted by atomic mass is 10.0. The van der Waals surface area contributed by atoms with Crippen LogP contribution in [0.1, 0.15) is 61.8 Å². The number of ether oxygens (including phenoxy) is 1. The monoisotopic (exact) mass is 582 g/mol. The van der Waals surface area contributed by atoms with Crippen molar-refractivity contribution in [3.63, 3.8) is 0 Å². The maximum Gasteiger partial charge on any atom is 0.391 e. The van der Waals surface area contributed by atoms with E-state index in [1.165, 1.54) is 10.9 Å². The maximum atomic E-state index is 13.2. The molecule has 2 aromatic heterocycles. The number of alkyl halides is 5. The van der Waals surface area contributed by atoms with Crippen LogP contribution < -0.4 is 10.1 Å². The SMILES string of the molecule is CC[C@H](CCCS(C)(=O)=O)CNC(=O)c1nn(CC)c(-c2cnc(C[C@@H](C)C(F)(F)F)cc2OC(F)F)c1C. The summed E-state index contributed by atoms with van der Waals surface area (Å²) in [5, 5.41) is 7.14. The quantitative estimate of drug-likeness (QED) is 0.308. The molecular formula is C25H35F5N4O4S. The van der Waals surface area contributed by atoms with Gasteiger partial charge in [-0.1, -0.05) is 20.3 Å². The molecule has 1 amide bonds. The van der Waals surface area contributed by atoms with Gasteiger partial charge in [-0.05, 0) is 32.6 Å². The lowest BCUT2D eigenvalue weighted by molar-refractivity contribution is -0.169. The van der Waals surface area contributed by atoms with E-state index in [9.17, 15) is 35.2 Å². The summed E-state index contributed by atoms with van der Waals surface area (Å²) in [7, 11) is -3.08. The van der Waals surface area contributed by atoms with Gasteiger partial charge in [-0.3, -0.25) is 14.5 Å². The molecule has 0 aromatic carbocycles. The molecule has 14 heteroatoms. The first-order valence-corrected chi connectivity index (χ1v) is 14.7. The third-order valence-corrected chi connectivity index (χ3v) is 7.46. The minimum Gasteiger partial charge on any atom is -0.434 e. The first-order chi connectivity index (χ1) is 18.1. The summed E-state index contributed by atoms with van der Waals surface area (Å²) in [5.74, 6) is -2.50. The zero-order chi connectivity index (χ0) is 29.5. The summed E-state index contributed by atoms with van der Waals surface area (Å²) >= 11 is 0. The van der Waals surface area contributed by atoms with Gasteiger partial charge in [0.25, 0.3) is 5.91 Å². The Labute approximate surface area is 225 Å². The summed E-state index contributed by atoms with van der Waals surface area (Å²) in [6.45, 7) is 3.52. The standard InChI is InChI=1S/C25H35F5N4O4S/c1-6-17(9-8-10-39(5,36)37)13-32-23(35)21-16(4)22(34(7-2)33-21)19-14-31-18(11-15(3)25(28,29)30)12-20(19)38-24(26)27/h12,14-15,17,24H,6-11,13H2,1-5H3,(H,32,35)/t15-,17-/m1/s1. The number of carbonyl (C=O) groups excluding carboxylic acids is 1. The lowest BCUT2D eigenvalue weighted by Gasteiger charge is -2.17. The van der Waals surface area contributed by atoms with Gasteiger partial charge in [-0.15, -0.1) is 0 Å². The Morgan fingerprint density at radius 2 is 1.90 bits per heavy atom. The number of sulfone groups is 1. The second kappa shape index (κ2) is 13.5. The fraction of sp³-hybridized carbons (Fsp3) is 0.640. The highest BCUT2D eigenvalue weighted by molar-refractivity contribution is 7.90. The highest BCUT2D eigenvalue weighted by Gasteiger charge is 2.36. The molecule has 0 saturated heterocycles. The van der Waals surface area contributed by atoms with Gasteiger partial charge in [0, 0.05) is 55.0 Å². The molecule has 0 unspecified atom stereocenters. The molecule has 2 rings (SSSR count). The number of aryl methyl sites for hydroxylation is 1. The first-order valence-electron chi connectivity index (χ1n) is 12.6. The lowest BCUT2D eigenvalue weighted by Crippen LogP contribution is -2.30. The van der Waals surface area contributed by atoms with Crippen molar-refractivity contribution in [1.29, 1.82) is 0 Å². The van der Waals surface area contributed by atoms with Crippen LogP contribution in [0.2, 0.25) is 0 Å². The normalized spacial score (nSPS) is 13.9. The molecule has 1 N–H and O–H groups in total. The van der Waals surface area contributed by atoms with Gasteiger partial charge in [0.05, 0.1) is 17.2 Å². The minimum absolute atomic E-state index is 0.0469. The molecule has 2 atom stereocenters. The second-order valence-electron chi connectivity index (χ2n) is 9.59. The summed E-state index contributed by atoms with van der Waals surface area (Å²) in [5.41, 5.74) is 0.685. The summed E-state index contributed by atoms with van der Waals surface area (Å²) in [6.07, 6.45) is -0.876. The smallest absolute Gasteiger partial charge is 0.391 e. The first kappa shape index (κ1) is 32.4. The summed E-state index contributed by atoms with van der Waals surface area (Å²) < 4.78 is 94.3. The Hall–Kier alpha value is -2.77. The number of aromatic nitrogens is 3. The van der Waals surface area contributed by atoms with Crippen molar-refractivity contribution < 1.29 is 39.9 Å². The van der Waals surface area contributed by atoms with Crippen LogP contribution in [0.4, 0.5) is 22.0 Å². The van der Waals surface area contributed by atoms with Gasteiger partial charge in [0.1, 0.15) is 15.6 Å². The van der Waals surface area contributed by atoms with Gasteiger partial charge >= 0.3 is 12.8 Å². The molecule has 8 nitrogen and oxygen atoms in total. The molecule has 0 aliphatic carbocycles. The van der Waals surface area contributed by atoms with E-state index >= 15 is 0 Å². The largest absolute Gasteiger partial charge is 0.434 e. The van der Waals surface area contributed by atoms with Crippen LogP contribution in [0.15, 0.2) is 12.3 Å². The Kier molecular flexibility index (Phi) is 11.3. The molecule has 220 valence electrons. The Morgan fingerprint density at radius 3 is 2.44 bits per heavy atom. The zero-order valence-corrected chi connectivity index (χ0v) is 23.4. The van der Waals surface area contributed by atoms with Crippen LogP contribution in [0, 0.1) is 18.8 Å². The zero-order valence-electron chi connectivity index (χ0n) is 22.6. The Balaban J connectivity index is 2.33. The molecule has 0 aliphatic heterocycles. The molecule has 0 saturated carbocycles. The van der Waals surface area contributed by atoms with E-state index in [1.54, 1.807) is 13.8 Å². The van der Waals surface area contributed by atoms with Crippen LogP contribution >= 0.6 is 0 Å².